The van der Waals surface area contributed by atoms with Crippen LogP contribution in [0.25, 0.3) is 0 Å². The molecule has 7 heteroatoms. The summed E-state index contributed by atoms with van der Waals surface area (Å²) in [6.07, 6.45) is 2.61. The molecule has 3 amide bonds. The first kappa shape index (κ1) is 21.2. The number of carbonyl (C=O) groups is 3. The van der Waals surface area contributed by atoms with Crippen molar-refractivity contribution in [2.45, 2.75) is 25.4 Å². The van der Waals surface area contributed by atoms with Gasteiger partial charge in [0.05, 0.1) is 23.8 Å². The van der Waals surface area contributed by atoms with Crippen LogP contribution in [0.5, 0.6) is 0 Å². The highest BCUT2D eigenvalue weighted by molar-refractivity contribution is 6.22. The van der Waals surface area contributed by atoms with Gasteiger partial charge in [-0.2, -0.15) is 0 Å². The smallest absolute Gasteiger partial charge is 0.261 e. The van der Waals surface area contributed by atoms with Crippen LogP contribution in [0.4, 0.5) is 5.69 Å². The molecule has 1 N–H and O–H groups in total. The van der Waals surface area contributed by atoms with Gasteiger partial charge in [-0.3, -0.25) is 19.3 Å². The van der Waals surface area contributed by atoms with Crippen LogP contribution in [0, 0.1) is 0 Å². The molecule has 1 unspecified atom stereocenters. The Bertz CT molecular complexity index is 994. The van der Waals surface area contributed by atoms with Gasteiger partial charge in [-0.25, -0.2) is 0 Å². The molecule has 1 saturated heterocycles. The molecule has 2 heterocycles. The number of amides is 3. The molecule has 0 radical (unpaired) electrons. The molecule has 0 bridgehead atoms. The summed E-state index contributed by atoms with van der Waals surface area (Å²) in [7, 11) is 4.07. The van der Waals surface area contributed by atoms with Crippen LogP contribution in [0.15, 0.2) is 42.5 Å². The number of rotatable bonds is 7. The van der Waals surface area contributed by atoms with Crippen LogP contribution in [0.1, 0.15) is 49.5 Å². The summed E-state index contributed by atoms with van der Waals surface area (Å²) in [5.74, 6) is -1.01. The fraction of sp³-hybridized carbons (Fsp3) is 0.375. The number of carbonyl (C=O) groups excluding carboxylic acids is 3. The van der Waals surface area contributed by atoms with Crippen molar-refractivity contribution >= 4 is 23.4 Å². The molecule has 162 valence electrons. The molecule has 4 rings (SSSR count). The van der Waals surface area contributed by atoms with Gasteiger partial charge >= 0.3 is 0 Å². The minimum Gasteiger partial charge on any atom is -0.376 e. The minimum absolute atomic E-state index is 0.106. The third-order valence-electron chi connectivity index (χ3n) is 5.70. The van der Waals surface area contributed by atoms with E-state index in [0.717, 1.165) is 25.8 Å². The third-order valence-corrected chi connectivity index (χ3v) is 5.70. The van der Waals surface area contributed by atoms with Crippen molar-refractivity contribution in [2.75, 3.05) is 39.1 Å². The summed E-state index contributed by atoms with van der Waals surface area (Å²) < 4.78 is 5.56. The molecule has 0 aromatic heterocycles. The molecule has 2 aliphatic rings. The number of imide groups is 1. The van der Waals surface area contributed by atoms with Crippen LogP contribution in [0.3, 0.4) is 0 Å². The molecule has 0 spiro atoms. The molecule has 1 fully saturated rings. The predicted molar refractivity (Wildman–Crippen MR) is 117 cm³/mol. The number of hydrogen-bond donors (Lipinski definition) is 1. The molecule has 31 heavy (non-hydrogen) atoms. The molecule has 7 nitrogen and oxygen atoms in total. The molecular formula is C24H27N3O4. The first-order valence-electron chi connectivity index (χ1n) is 10.6. The summed E-state index contributed by atoms with van der Waals surface area (Å²) in [6, 6.07) is 12.4. The molecule has 2 aliphatic heterocycles. The zero-order valence-corrected chi connectivity index (χ0v) is 17.9. The van der Waals surface area contributed by atoms with Crippen molar-refractivity contribution in [3.05, 3.63) is 64.7 Å². The van der Waals surface area contributed by atoms with Gasteiger partial charge in [0.2, 0.25) is 0 Å². The van der Waals surface area contributed by atoms with Gasteiger partial charge < -0.3 is 15.0 Å². The summed E-state index contributed by atoms with van der Waals surface area (Å²) in [6.45, 7) is 1.88. The second-order valence-corrected chi connectivity index (χ2v) is 8.32. The van der Waals surface area contributed by atoms with E-state index in [1.165, 1.54) is 16.5 Å². The van der Waals surface area contributed by atoms with E-state index in [0.29, 0.717) is 23.4 Å². The van der Waals surface area contributed by atoms with Crippen LogP contribution < -0.4 is 5.32 Å². The summed E-state index contributed by atoms with van der Waals surface area (Å²) in [5.41, 5.74) is 2.83. The van der Waals surface area contributed by atoms with Gasteiger partial charge in [-0.1, -0.05) is 12.1 Å². The fourth-order valence-corrected chi connectivity index (χ4v) is 3.90. The number of likely N-dealkylation sites (N-methyl/N-ethyl adjacent to an activating group) is 1. The zero-order chi connectivity index (χ0) is 22.0. The molecule has 0 aliphatic carbocycles. The Morgan fingerprint density at radius 2 is 1.84 bits per heavy atom. The normalized spacial score (nSPS) is 18.0. The van der Waals surface area contributed by atoms with Gasteiger partial charge in [-0.15, -0.1) is 0 Å². The number of nitrogens with one attached hydrogen (secondary N) is 1. The Hall–Kier alpha value is -3.03. The van der Waals surface area contributed by atoms with E-state index in [-0.39, 0.29) is 35.9 Å². The maximum Gasteiger partial charge on any atom is 0.261 e. The third kappa shape index (κ3) is 4.68. The van der Waals surface area contributed by atoms with Gasteiger partial charge in [-0.05, 0) is 69.3 Å². The Labute approximate surface area is 182 Å². The molecule has 2 aromatic rings. The van der Waals surface area contributed by atoms with E-state index in [1.54, 1.807) is 12.1 Å². The quantitative estimate of drug-likeness (QED) is 0.696. The van der Waals surface area contributed by atoms with Crippen molar-refractivity contribution in [1.82, 2.24) is 9.80 Å². The Kier molecular flexibility index (Phi) is 6.15. The van der Waals surface area contributed by atoms with Gasteiger partial charge in [0, 0.05) is 24.4 Å². The van der Waals surface area contributed by atoms with Crippen molar-refractivity contribution in [3.8, 4) is 0 Å². The Balaban J connectivity index is 1.43. The second kappa shape index (κ2) is 8.99. The Morgan fingerprint density at radius 3 is 2.52 bits per heavy atom. The number of anilines is 1. The van der Waals surface area contributed by atoms with Crippen molar-refractivity contribution in [2.24, 2.45) is 0 Å². The lowest BCUT2D eigenvalue weighted by atomic mass is 10.1. The van der Waals surface area contributed by atoms with Crippen LogP contribution in [-0.4, -0.2) is 67.4 Å². The molecule has 1 atom stereocenters. The lowest BCUT2D eigenvalue weighted by Gasteiger charge is -2.17. The largest absolute Gasteiger partial charge is 0.376 e. The van der Waals surface area contributed by atoms with Crippen molar-refractivity contribution in [1.29, 1.82) is 0 Å². The van der Waals surface area contributed by atoms with E-state index in [1.807, 2.05) is 38.4 Å². The highest BCUT2D eigenvalue weighted by atomic mass is 16.5. The topological polar surface area (TPSA) is 79.0 Å². The van der Waals surface area contributed by atoms with Crippen LogP contribution in [0.2, 0.25) is 0 Å². The number of nitrogens with zero attached hydrogens (tertiary/aromatic N) is 2. The number of fused-ring (bicyclic) bond motifs is 1. The monoisotopic (exact) mass is 421 g/mol. The van der Waals surface area contributed by atoms with Crippen molar-refractivity contribution < 1.29 is 19.1 Å². The van der Waals surface area contributed by atoms with Crippen LogP contribution in [-0.2, 0) is 11.2 Å². The number of hydrogen-bond acceptors (Lipinski definition) is 5. The average molecular weight is 421 g/mol. The van der Waals surface area contributed by atoms with Gasteiger partial charge in [0.15, 0.2) is 0 Å². The summed E-state index contributed by atoms with van der Waals surface area (Å²) in [4.78, 5) is 41.5. The second-order valence-electron chi connectivity index (χ2n) is 8.32. The lowest BCUT2D eigenvalue weighted by Crippen LogP contribution is -2.36. The number of benzene rings is 2. The first-order valence-corrected chi connectivity index (χ1v) is 10.6. The zero-order valence-electron chi connectivity index (χ0n) is 17.9. The van der Waals surface area contributed by atoms with E-state index in [4.69, 9.17) is 4.74 Å². The predicted octanol–water partition coefficient (Wildman–Crippen LogP) is 2.82. The maximum absolute atomic E-state index is 12.8. The van der Waals surface area contributed by atoms with Crippen molar-refractivity contribution in [3.63, 3.8) is 0 Å². The molecule has 2 aromatic carbocycles. The molecular weight excluding hydrogens is 394 g/mol. The maximum atomic E-state index is 12.8. The van der Waals surface area contributed by atoms with Crippen LogP contribution >= 0.6 is 0 Å². The average Bonchev–Trinajstić information content (AvgIpc) is 3.36. The fourth-order valence-electron chi connectivity index (χ4n) is 3.90. The Morgan fingerprint density at radius 1 is 1.10 bits per heavy atom. The first-order chi connectivity index (χ1) is 14.9. The number of ether oxygens (including phenoxy) is 1. The summed E-state index contributed by atoms with van der Waals surface area (Å²) in [5, 5.41) is 2.86. The minimum atomic E-state index is -0.365. The standard InChI is InChI=1S/C24H27N3O4/c1-26(2)12-11-16-5-8-18(9-6-16)25-22(28)17-7-10-20-21(14-17)24(30)27(23(20)29)15-19-4-3-13-31-19/h5-10,14,19H,3-4,11-13,15H2,1-2H3,(H,25,28). The van der Waals surface area contributed by atoms with E-state index in [9.17, 15) is 14.4 Å². The van der Waals surface area contributed by atoms with E-state index >= 15 is 0 Å². The highest BCUT2D eigenvalue weighted by Crippen LogP contribution is 2.26. The van der Waals surface area contributed by atoms with E-state index in [2.05, 4.69) is 10.2 Å². The summed E-state index contributed by atoms with van der Waals surface area (Å²) >= 11 is 0. The highest BCUT2D eigenvalue weighted by Gasteiger charge is 2.37. The van der Waals surface area contributed by atoms with E-state index < -0.39 is 0 Å². The lowest BCUT2D eigenvalue weighted by molar-refractivity contribution is 0.0475. The molecule has 0 saturated carbocycles. The van der Waals surface area contributed by atoms with Gasteiger partial charge in [0.1, 0.15) is 0 Å². The SMILES string of the molecule is CN(C)CCc1ccc(NC(=O)c2ccc3c(c2)C(=O)N(CC2CCCO2)C3=O)cc1. The van der Waals surface area contributed by atoms with Gasteiger partial charge in [0.25, 0.3) is 17.7 Å².